The van der Waals surface area contributed by atoms with Crippen molar-refractivity contribution in [3.8, 4) is 11.8 Å². The molecule has 0 N–H and O–H groups in total. The Morgan fingerprint density at radius 3 is 2.72 bits per heavy atom. The molecule has 4 nitrogen and oxygen atoms in total. The lowest BCUT2D eigenvalue weighted by atomic mass is 10.1. The molecule has 0 spiro atoms. The van der Waals surface area contributed by atoms with Gasteiger partial charge in [-0.25, -0.2) is 4.98 Å². The quantitative estimate of drug-likeness (QED) is 0.806. The summed E-state index contributed by atoms with van der Waals surface area (Å²) >= 11 is 0. The largest absolute Gasteiger partial charge is 0.497 e. The van der Waals surface area contributed by atoms with E-state index in [1.807, 2.05) is 22.9 Å². The Balaban J connectivity index is 1.98. The number of benzene rings is 1. The molecular formula is C14H15N3O. The van der Waals surface area contributed by atoms with E-state index in [1.165, 1.54) is 5.56 Å². The summed E-state index contributed by atoms with van der Waals surface area (Å²) in [6, 6.07) is 10.1. The number of hydrogen-bond acceptors (Lipinski definition) is 3. The molecule has 1 aromatic heterocycles. The molecule has 0 aliphatic heterocycles. The zero-order valence-electron chi connectivity index (χ0n) is 10.3. The SMILES string of the molecule is COc1ccc(CCc2nccn2CC#N)cc1. The van der Waals surface area contributed by atoms with E-state index in [0.717, 1.165) is 24.4 Å². The lowest BCUT2D eigenvalue weighted by Crippen LogP contribution is -2.03. The number of ether oxygens (including phenoxy) is 1. The van der Waals surface area contributed by atoms with Gasteiger partial charge in [-0.15, -0.1) is 0 Å². The lowest BCUT2D eigenvalue weighted by Gasteiger charge is -2.05. The summed E-state index contributed by atoms with van der Waals surface area (Å²) in [7, 11) is 1.66. The van der Waals surface area contributed by atoms with Crippen molar-refractivity contribution >= 4 is 0 Å². The van der Waals surface area contributed by atoms with Gasteiger partial charge in [0.15, 0.2) is 0 Å². The van der Waals surface area contributed by atoms with Crippen molar-refractivity contribution in [3.05, 3.63) is 48.0 Å². The monoisotopic (exact) mass is 241 g/mol. The molecule has 4 heteroatoms. The number of aryl methyl sites for hydroxylation is 2. The number of hydrogen-bond donors (Lipinski definition) is 0. The first-order chi connectivity index (χ1) is 8.83. The molecule has 2 aromatic rings. The highest BCUT2D eigenvalue weighted by molar-refractivity contribution is 5.27. The molecule has 0 bridgehead atoms. The maximum atomic E-state index is 8.69. The van der Waals surface area contributed by atoms with E-state index < -0.39 is 0 Å². The fourth-order valence-electron chi connectivity index (χ4n) is 1.84. The highest BCUT2D eigenvalue weighted by Gasteiger charge is 2.03. The molecule has 1 heterocycles. The molecule has 0 saturated heterocycles. The third kappa shape index (κ3) is 2.89. The summed E-state index contributed by atoms with van der Waals surface area (Å²) in [5.74, 6) is 1.82. The Labute approximate surface area is 106 Å². The molecule has 0 fully saturated rings. The highest BCUT2D eigenvalue weighted by Crippen LogP contribution is 2.13. The smallest absolute Gasteiger partial charge is 0.118 e. The minimum absolute atomic E-state index is 0.359. The van der Waals surface area contributed by atoms with E-state index >= 15 is 0 Å². The molecule has 0 unspecified atom stereocenters. The number of methoxy groups -OCH3 is 1. The van der Waals surface area contributed by atoms with Crippen LogP contribution in [-0.4, -0.2) is 16.7 Å². The molecule has 0 amide bonds. The molecule has 18 heavy (non-hydrogen) atoms. The number of imidazole rings is 1. The van der Waals surface area contributed by atoms with Crippen LogP contribution in [0.15, 0.2) is 36.7 Å². The highest BCUT2D eigenvalue weighted by atomic mass is 16.5. The van der Waals surface area contributed by atoms with E-state index in [1.54, 1.807) is 13.3 Å². The Bertz CT molecular complexity index is 537. The van der Waals surface area contributed by atoms with Crippen LogP contribution in [0, 0.1) is 11.3 Å². The molecule has 0 aliphatic rings. The second kappa shape index (κ2) is 5.87. The number of nitriles is 1. The number of nitrogens with zero attached hydrogens (tertiary/aromatic N) is 3. The second-order valence-electron chi connectivity index (χ2n) is 3.98. The average Bonchev–Trinajstić information content (AvgIpc) is 2.85. The predicted molar refractivity (Wildman–Crippen MR) is 68.2 cm³/mol. The van der Waals surface area contributed by atoms with Gasteiger partial charge in [-0.3, -0.25) is 0 Å². The van der Waals surface area contributed by atoms with E-state index in [4.69, 9.17) is 10.00 Å². The summed E-state index contributed by atoms with van der Waals surface area (Å²) in [6.07, 6.45) is 5.32. The van der Waals surface area contributed by atoms with Gasteiger partial charge in [0.2, 0.25) is 0 Å². The van der Waals surface area contributed by atoms with Gasteiger partial charge < -0.3 is 9.30 Å². The minimum atomic E-state index is 0.359. The van der Waals surface area contributed by atoms with Crippen molar-refractivity contribution in [1.29, 1.82) is 5.26 Å². The van der Waals surface area contributed by atoms with Gasteiger partial charge in [-0.1, -0.05) is 12.1 Å². The number of aromatic nitrogens is 2. The van der Waals surface area contributed by atoms with Crippen molar-refractivity contribution in [2.24, 2.45) is 0 Å². The van der Waals surface area contributed by atoms with Gasteiger partial charge in [0.25, 0.3) is 0 Å². The summed E-state index contributed by atoms with van der Waals surface area (Å²) in [5, 5.41) is 8.69. The van der Waals surface area contributed by atoms with Crippen LogP contribution in [0.2, 0.25) is 0 Å². The normalized spacial score (nSPS) is 10.0. The molecule has 0 saturated carbocycles. The van der Waals surface area contributed by atoms with Crippen molar-refractivity contribution in [3.63, 3.8) is 0 Å². The van der Waals surface area contributed by atoms with E-state index in [2.05, 4.69) is 23.2 Å². The Kier molecular flexibility index (Phi) is 3.98. The fourth-order valence-corrected chi connectivity index (χ4v) is 1.84. The third-order valence-corrected chi connectivity index (χ3v) is 2.84. The van der Waals surface area contributed by atoms with Crippen LogP contribution in [0.1, 0.15) is 11.4 Å². The van der Waals surface area contributed by atoms with Crippen LogP contribution < -0.4 is 4.74 Å². The molecular weight excluding hydrogens is 226 g/mol. The number of rotatable bonds is 5. The molecule has 1 aromatic carbocycles. The minimum Gasteiger partial charge on any atom is -0.497 e. The van der Waals surface area contributed by atoms with Crippen LogP contribution in [-0.2, 0) is 19.4 Å². The first kappa shape index (κ1) is 12.2. The summed E-state index contributed by atoms with van der Waals surface area (Å²) in [5.41, 5.74) is 1.24. The second-order valence-corrected chi connectivity index (χ2v) is 3.98. The molecule has 0 aliphatic carbocycles. The standard InChI is InChI=1S/C14H15N3O/c1-18-13-5-2-12(3-6-13)4-7-14-16-9-11-17(14)10-8-15/h2-3,5-6,9,11H,4,7,10H2,1H3. The van der Waals surface area contributed by atoms with Crippen LogP contribution in [0.25, 0.3) is 0 Å². The topological polar surface area (TPSA) is 50.8 Å². The van der Waals surface area contributed by atoms with Gasteiger partial charge in [-0.05, 0) is 24.1 Å². The zero-order valence-corrected chi connectivity index (χ0v) is 10.3. The van der Waals surface area contributed by atoms with Crippen molar-refractivity contribution in [2.45, 2.75) is 19.4 Å². The van der Waals surface area contributed by atoms with E-state index in [-0.39, 0.29) is 0 Å². The van der Waals surface area contributed by atoms with Crippen LogP contribution >= 0.6 is 0 Å². The first-order valence-electron chi connectivity index (χ1n) is 5.83. The fraction of sp³-hybridized carbons (Fsp3) is 0.286. The summed E-state index contributed by atoms with van der Waals surface area (Å²) < 4.78 is 7.00. The van der Waals surface area contributed by atoms with E-state index in [9.17, 15) is 0 Å². The Morgan fingerprint density at radius 1 is 1.28 bits per heavy atom. The third-order valence-electron chi connectivity index (χ3n) is 2.84. The van der Waals surface area contributed by atoms with Crippen LogP contribution in [0.4, 0.5) is 0 Å². The predicted octanol–water partition coefficient (Wildman–Crippen LogP) is 2.20. The first-order valence-corrected chi connectivity index (χ1v) is 5.83. The van der Waals surface area contributed by atoms with Gasteiger partial charge >= 0.3 is 0 Å². The van der Waals surface area contributed by atoms with Gasteiger partial charge in [0.1, 0.15) is 18.1 Å². The van der Waals surface area contributed by atoms with Crippen molar-refractivity contribution in [1.82, 2.24) is 9.55 Å². The van der Waals surface area contributed by atoms with Gasteiger partial charge in [0.05, 0.1) is 13.2 Å². The Hall–Kier alpha value is -2.28. The lowest BCUT2D eigenvalue weighted by molar-refractivity contribution is 0.414. The maximum Gasteiger partial charge on any atom is 0.118 e. The molecule has 92 valence electrons. The molecule has 0 radical (unpaired) electrons. The van der Waals surface area contributed by atoms with Crippen LogP contribution in [0.5, 0.6) is 5.75 Å². The maximum absolute atomic E-state index is 8.69. The summed E-state index contributed by atoms with van der Waals surface area (Å²) in [4.78, 5) is 4.27. The van der Waals surface area contributed by atoms with Crippen molar-refractivity contribution in [2.75, 3.05) is 7.11 Å². The average molecular weight is 241 g/mol. The molecule has 0 atom stereocenters. The van der Waals surface area contributed by atoms with E-state index in [0.29, 0.717) is 6.54 Å². The van der Waals surface area contributed by atoms with Gasteiger partial charge in [0, 0.05) is 18.8 Å². The van der Waals surface area contributed by atoms with Crippen molar-refractivity contribution < 1.29 is 4.74 Å². The zero-order chi connectivity index (χ0) is 12.8. The van der Waals surface area contributed by atoms with Gasteiger partial charge in [-0.2, -0.15) is 5.26 Å². The Morgan fingerprint density at radius 2 is 2.06 bits per heavy atom. The molecule has 2 rings (SSSR count). The summed E-state index contributed by atoms with van der Waals surface area (Å²) in [6.45, 7) is 0.359. The van der Waals surface area contributed by atoms with Crippen LogP contribution in [0.3, 0.4) is 0 Å².